The van der Waals surface area contributed by atoms with Crippen LogP contribution in [0.25, 0.3) is 0 Å². The monoisotopic (exact) mass is 233 g/mol. The second kappa shape index (κ2) is 8.82. The number of nitrogens with one attached hydrogen (secondary N) is 1. The summed E-state index contributed by atoms with van der Waals surface area (Å²) in [5.74, 6) is 0.964. The molecule has 0 saturated carbocycles. The molecule has 1 aromatic rings. The van der Waals surface area contributed by atoms with Crippen LogP contribution in [0.5, 0.6) is 5.75 Å². The minimum absolute atomic E-state index is 0.880. The van der Waals surface area contributed by atoms with Crippen LogP contribution in [0, 0.1) is 0 Å². The molecule has 0 aromatic heterocycles. The molecule has 0 unspecified atom stereocenters. The van der Waals surface area contributed by atoms with Gasteiger partial charge in [-0.1, -0.05) is 30.7 Å². The predicted molar refractivity (Wildman–Crippen MR) is 73.4 cm³/mol. The molecule has 0 heterocycles. The second-order valence-corrected chi connectivity index (χ2v) is 4.13. The van der Waals surface area contributed by atoms with Crippen molar-refractivity contribution in [2.45, 2.75) is 32.2 Å². The first kappa shape index (κ1) is 13.8. The van der Waals surface area contributed by atoms with Crippen molar-refractivity contribution in [3.8, 4) is 5.75 Å². The Morgan fingerprint density at radius 2 is 2.06 bits per heavy atom. The van der Waals surface area contributed by atoms with Gasteiger partial charge in [0.25, 0.3) is 0 Å². The summed E-state index contributed by atoms with van der Waals surface area (Å²) in [6.07, 6.45) is 6.86. The van der Waals surface area contributed by atoms with Gasteiger partial charge in [-0.25, -0.2) is 0 Å². The van der Waals surface area contributed by atoms with E-state index in [1.165, 1.54) is 24.8 Å². The van der Waals surface area contributed by atoms with Gasteiger partial charge < -0.3 is 10.1 Å². The molecule has 17 heavy (non-hydrogen) atoms. The third-order valence-corrected chi connectivity index (χ3v) is 2.77. The van der Waals surface area contributed by atoms with Crippen LogP contribution < -0.4 is 10.1 Å². The quantitative estimate of drug-likeness (QED) is 0.520. The van der Waals surface area contributed by atoms with E-state index in [0.717, 1.165) is 25.3 Å². The van der Waals surface area contributed by atoms with Crippen molar-refractivity contribution in [3.05, 3.63) is 42.5 Å². The minimum Gasteiger partial charge on any atom is -0.496 e. The summed E-state index contributed by atoms with van der Waals surface area (Å²) in [5.41, 5.74) is 1.22. The maximum Gasteiger partial charge on any atom is 0.123 e. The molecule has 0 radical (unpaired) electrons. The van der Waals surface area contributed by atoms with Gasteiger partial charge in [-0.2, -0.15) is 0 Å². The van der Waals surface area contributed by atoms with Crippen LogP contribution >= 0.6 is 0 Å². The lowest BCUT2D eigenvalue weighted by atomic mass is 10.2. The van der Waals surface area contributed by atoms with Crippen molar-refractivity contribution in [1.82, 2.24) is 5.32 Å². The fourth-order valence-corrected chi connectivity index (χ4v) is 1.79. The van der Waals surface area contributed by atoms with E-state index >= 15 is 0 Å². The summed E-state index contributed by atoms with van der Waals surface area (Å²) in [4.78, 5) is 0. The van der Waals surface area contributed by atoms with Gasteiger partial charge in [0.2, 0.25) is 0 Å². The van der Waals surface area contributed by atoms with Crippen LogP contribution in [0.4, 0.5) is 0 Å². The van der Waals surface area contributed by atoms with E-state index in [2.05, 4.69) is 18.0 Å². The molecule has 1 aromatic carbocycles. The lowest BCUT2D eigenvalue weighted by Crippen LogP contribution is -2.15. The molecule has 0 fully saturated rings. The summed E-state index contributed by atoms with van der Waals surface area (Å²) in [5, 5.41) is 3.45. The summed E-state index contributed by atoms with van der Waals surface area (Å²) in [7, 11) is 1.72. The average Bonchev–Trinajstić information content (AvgIpc) is 2.38. The molecule has 94 valence electrons. The Hall–Kier alpha value is -1.28. The molecule has 0 bridgehead atoms. The van der Waals surface area contributed by atoms with Crippen molar-refractivity contribution in [2.75, 3.05) is 13.7 Å². The molecule has 2 heteroatoms. The van der Waals surface area contributed by atoms with E-state index in [1.54, 1.807) is 7.11 Å². The van der Waals surface area contributed by atoms with Crippen molar-refractivity contribution < 1.29 is 4.74 Å². The van der Waals surface area contributed by atoms with Gasteiger partial charge in [0.1, 0.15) is 5.75 Å². The highest BCUT2D eigenvalue weighted by atomic mass is 16.5. The van der Waals surface area contributed by atoms with Gasteiger partial charge in [-0.05, 0) is 31.9 Å². The predicted octanol–water partition coefficient (Wildman–Crippen LogP) is 3.53. The van der Waals surface area contributed by atoms with Crippen LogP contribution in [-0.4, -0.2) is 13.7 Å². The Morgan fingerprint density at radius 1 is 1.24 bits per heavy atom. The third-order valence-electron chi connectivity index (χ3n) is 2.77. The van der Waals surface area contributed by atoms with E-state index in [9.17, 15) is 0 Å². The molecular weight excluding hydrogens is 210 g/mol. The molecular formula is C15H23NO. The Labute approximate surface area is 105 Å². The highest BCUT2D eigenvalue weighted by Crippen LogP contribution is 2.16. The van der Waals surface area contributed by atoms with E-state index in [4.69, 9.17) is 4.74 Å². The third kappa shape index (κ3) is 5.55. The molecule has 0 spiro atoms. The molecule has 0 amide bonds. The van der Waals surface area contributed by atoms with E-state index in [1.807, 2.05) is 24.3 Å². The Bertz CT molecular complexity index is 322. The number of rotatable bonds is 9. The standard InChI is InChI=1S/C15H23NO/c1-3-4-5-6-9-12-16-13-14-10-7-8-11-15(14)17-2/h3,7-8,10-11,16H,1,4-6,9,12-13H2,2H3. The zero-order chi connectivity index (χ0) is 12.3. The second-order valence-electron chi connectivity index (χ2n) is 4.13. The lowest BCUT2D eigenvalue weighted by molar-refractivity contribution is 0.407. The fraction of sp³-hybridized carbons (Fsp3) is 0.467. The van der Waals surface area contributed by atoms with E-state index < -0.39 is 0 Å². The number of hydrogen-bond donors (Lipinski definition) is 1. The van der Waals surface area contributed by atoms with Gasteiger partial charge in [-0.15, -0.1) is 6.58 Å². The molecule has 0 saturated heterocycles. The molecule has 1 rings (SSSR count). The van der Waals surface area contributed by atoms with Gasteiger partial charge in [0.05, 0.1) is 7.11 Å². The number of unbranched alkanes of at least 4 members (excludes halogenated alkanes) is 3. The maximum absolute atomic E-state index is 5.30. The molecule has 0 aliphatic heterocycles. The highest BCUT2D eigenvalue weighted by Gasteiger charge is 1.99. The number of allylic oxidation sites excluding steroid dienone is 1. The van der Waals surface area contributed by atoms with Gasteiger partial charge >= 0.3 is 0 Å². The summed E-state index contributed by atoms with van der Waals surface area (Å²) in [6.45, 7) is 5.67. The summed E-state index contributed by atoms with van der Waals surface area (Å²) >= 11 is 0. The van der Waals surface area contributed by atoms with Crippen LogP contribution in [0.1, 0.15) is 31.2 Å². The fourth-order valence-electron chi connectivity index (χ4n) is 1.79. The van der Waals surface area contributed by atoms with Crippen molar-refractivity contribution in [2.24, 2.45) is 0 Å². The Morgan fingerprint density at radius 3 is 2.82 bits per heavy atom. The van der Waals surface area contributed by atoms with Crippen LogP contribution in [0.2, 0.25) is 0 Å². The first-order chi connectivity index (χ1) is 8.38. The number of ether oxygens (including phenoxy) is 1. The van der Waals surface area contributed by atoms with Crippen molar-refractivity contribution >= 4 is 0 Å². The molecule has 1 N–H and O–H groups in total. The molecule has 0 aliphatic carbocycles. The topological polar surface area (TPSA) is 21.3 Å². The zero-order valence-electron chi connectivity index (χ0n) is 10.7. The number of hydrogen-bond acceptors (Lipinski definition) is 2. The largest absolute Gasteiger partial charge is 0.496 e. The lowest BCUT2D eigenvalue weighted by Gasteiger charge is -2.09. The first-order valence-corrected chi connectivity index (χ1v) is 6.32. The summed E-state index contributed by atoms with van der Waals surface area (Å²) < 4.78 is 5.30. The van der Waals surface area contributed by atoms with E-state index in [-0.39, 0.29) is 0 Å². The number of para-hydroxylation sites is 1. The molecule has 2 nitrogen and oxygen atoms in total. The van der Waals surface area contributed by atoms with Crippen LogP contribution in [-0.2, 0) is 6.54 Å². The normalized spacial score (nSPS) is 10.2. The average molecular weight is 233 g/mol. The molecule has 0 aliphatic rings. The van der Waals surface area contributed by atoms with Crippen LogP contribution in [0.15, 0.2) is 36.9 Å². The zero-order valence-corrected chi connectivity index (χ0v) is 10.7. The highest BCUT2D eigenvalue weighted by molar-refractivity contribution is 5.32. The van der Waals surface area contributed by atoms with Crippen molar-refractivity contribution in [1.29, 1.82) is 0 Å². The Balaban J connectivity index is 2.15. The Kier molecular flexibility index (Phi) is 7.15. The van der Waals surface area contributed by atoms with Gasteiger partial charge in [0, 0.05) is 12.1 Å². The van der Waals surface area contributed by atoms with E-state index in [0.29, 0.717) is 0 Å². The van der Waals surface area contributed by atoms with Crippen LogP contribution in [0.3, 0.4) is 0 Å². The number of benzene rings is 1. The molecule has 0 atom stereocenters. The number of methoxy groups -OCH3 is 1. The first-order valence-electron chi connectivity index (χ1n) is 6.32. The smallest absolute Gasteiger partial charge is 0.123 e. The van der Waals surface area contributed by atoms with Crippen molar-refractivity contribution in [3.63, 3.8) is 0 Å². The SMILES string of the molecule is C=CCCCCCNCc1ccccc1OC. The maximum atomic E-state index is 5.30. The minimum atomic E-state index is 0.880. The van der Waals surface area contributed by atoms with Gasteiger partial charge in [0.15, 0.2) is 0 Å². The summed E-state index contributed by atoms with van der Waals surface area (Å²) in [6, 6.07) is 8.14. The van der Waals surface area contributed by atoms with Gasteiger partial charge in [-0.3, -0.25) is 0 Å².